The van der Waals surface area contributed by atoms with Crippen molar-refractivity contribution in [3.63, 3.8) is 0 Å². The quantitative estimate of drug-likeness (QED) is 0.398. The van der Waals surface area contributed by atoms with Gasteiger partial charge in [0, 0.05) is 4.70 Å². The van der Waals surface area contributed by atoms with E-state index in [9.17, 15) is 19.3 Å². The molecule has 2 aromatic carbocycles. The van der Waals surface area contributed by atoms with Crippen molar-refractivity contribution >= 4 is 40.9 Å². The van der Waals surface area contributed by atoms with Gasteiger partial charge in [0.15, 0.2) is 0 Å². The number of para-hydroxylation sites is 1. The number of esters is 1. The number of methoxy groups -OCH3 is 1. The molecule has 0 saturated heterocycles. The molecule has 2 atom stereocenters. The summed E-state index contributed by atoms with van der Waals surface area (Å²) in [6, 6.07) is 14.8. The van der Waals surface area contributed by atoms with Crippen molar-refractivity contribution in [1.82, 2.24) is 5.09 Å². The second-order valence-corrected chi connectivity index (χ2v) is 9.59. The van der Waals surface area contributed by atoms with Crippen molar-refractivity contribution in [2.45, 2.75) is 19.1 Å². The smallest absolute Gasteiger partial charge is 0.345 e. The number of aromatic carboxylic acids is 1. The number of fused-ring (bicyclic) bond motifs is 1. The van der Waals surface area contributed by atoms with Gasteiger partial charge in [0.2, 0.25) is 0 Å². The molecule has 0 aliphatic carbocycles. The number of hydrogen-bond donors (Lipinski definition) is 2. The van der Waals surface area contributed by atoms with Crippen LogP contribution in [0.3, 0.4) is 0 Å². The van der Waals surface area contributed by atoms with Crippen LogP contribution in [0.4, 0.5) is 0 Å². The molecule has 3 rings (SSSR count). The summed E-state index contributed by atoms with van der Waals surface area (Å²) in [5.41, 5.74) is 0.691. The van der Waals surface area contributed by atoms with E-state index >= 15 is 0 Å². The second-order valence-electron chi connectivity index (χ2n) is 6.40. The van der Waals surface area contributed by atoms with Gasteiger partial charge in [-0.25, -0.2) is 9.88 Å². The van der Waals surface area contributed by atoms with Crippen molar-refractivity contribution in [1.29, 1.82) is 0 Å². The molecule has 0 radical (unpaired) electrons. The minimum absolute atomic E-state index is 0.0113. The number of nitrogens with one attached hydrogen (secondary N) is 1. The van der Waals surface area contributed by atoms with E-state index in [1.807, 2.05) is 6.07 Å². The van der Waals surface area contributed by atoms with E-state index in [4.69, 9.17) is 9.26 Å². The Kier molecular flexibility index (Phi) is 6.37. The summed E-state index contributed by atoms with van der Waals surface area (Å²) in [7, 11) is -2.28. The monoisotopic (exact) mass is 433 g/mol. The minimum atomic E-state index is -3.54. The Balaban J connectivity index is 1.91. The number of hydrogen-bond acceptors (Lipinski definition) is 6. The molecule has 0 saturated carbocycles. The number of rotatable bonds is 8. The van der Waals surface area contributed by atoms with E-state index in [2.05, 4.69) is 5.09 Å². The third-order valence-electron chi connectivity index (χ3n) is 4.12. The normalized spacial score (nSPS) is 14.1. The summed E-state index contributed by atoms with van der Waals surface area (Å²) in [5, 5.41) is 12.7. The van der Waals surface area contributed by atoms with Crippen LogP contribution in [0.15, 0.2) is 54.6 Å². The van der Waals surface area contributed by atoms with Crippen LogP contribution in [0.2, 0.25) is 0 Å². The summed E-state index contributed by atoms with van der Waals surface area (Å²) in [5.74, 6) is -1.13. The van der Waals surface area contributed by atoms with Crippen LogP contribution in [-0.2, 0) is 20.3 Å². The maximum atomic E-state index is 13.6. The van der Waals surface area contributed by atoms with Crippen LogP contribution in [0.5, 0.6) is 5.75 Å². The van der Waals surface area contributed by atoms with Crippen molar-refractivity contribution in [3.8, 4) is 5.75 Å². The van der Waals surface area contributed by atoms with Crippen molar-refractivity contribution in [2.24, 2.45) is 0 Å². The molecule has 3 aromatic rings. The Morgan fingerprint density at radius 3 is 2.55 bits per heavy atom. The molecule has 1 heterocycles. The SMILES string of the molecule is COC(=O)C(C)NP(=O)(Cc1ccc2sc(C(=O)O)cc2c1)Oc1ccccc1. The van der Waals surface area contributed by atoms with Gasteiger partial charge >= 0.3 is 19.5 Å². The zero-order chi connectivity index (χ0) is 21.0. The second kappa shape index (κ2) is 8.78. The van der Waals surface area contributed by atoms with Gasteiger partial charge in [0.25, 0.3) is 0 Å². The highest BCUT2D eigenvalue weighted by molar-refractivity contribution is 7.56. The molecule has 0 bridgehead atoms. The number of ether oxygens (including phenoxy) is 1. The lowest BCUT2D eigenvalue weighted by atomic mass is 10.2. The lowest BCUT2D eigenvalue weighted by Crippen LogP contribution is -2.34. The predicted octanol–water partition coefficient (Wildman–Crippen LogP) is 4.52. The molecule has 29 heavy (non-hydrogen) atoms. The first-order chi connectivity index (χ1) is 13.8. The van der Waals surface area contributed by atoms with Gasteiger partial charge in [-0.2, -0.15) is 0 Å². The molecule has 0 aliphatic rings. The van der Waals surface area contributed by atoms with Gasteiger partial charge in [-0.1, -0.05) is 24.3 Å². The Morgan fingerprint density at radius 2 is 1.90 bits per heavy atom. The molecule has 0 spiro atoms. The van der Waals surface area contributed by atoms with Gasteiger partial charge in [-0.05, 0) is 48.2 Å². The lowest BCUT2D eigenvalue weighted by Gasteiger charge is -2.23. The molecule has 2 N–H and O–H groups in total. The fraction of sp³-hybridized carbons (Fsp3) is 0.200. The number of benzene rings is 2. The molecule has 0 fully saturated rings. The van der Waals surface area contributed by atoms with E-state index in [1.54, 1.807) is 55.5 Å². The van der Waals surface area contributed by atoms with Crippen LogP contribution in [0, 0.1) is 0 Å². The Hall–Kier alpha value is -2.67. The molecule has 0 aliphatic heterocycles. The van der Waals surface area contributed by atoms with E-state index < -0.39 is 25.5 Å². The number of carboxylic acid groups (broad SMARTS) is 1. The first kappa shape index (κ1) is 21.0. The third-order valence-corrected chi connectivity index (χ3v) is 7.30. The summed E-state index contributed by atoms with van der Waals surface area (Å²) in [6.45, 7) is 1.55. The van der Waals surface area contributed by atoms with Gasteiger partial charge in [0.05, 0.1) is 13.3 Å². The molecular formula is C20H20NO6PS. The topological polar surface area (TPSA) is 102 Å². The molecule has 7 nitrogen and oxygen atoms in total. The maximum absolute atomic E-state index is 13.6. The standard InChI is InChI=1S/C20H20NO6PS/c1-13(20(24)26-2)21-28(25,27-16-6-4-3-5-7-16)12-14-8-9-17-15(10-14)11-18(29-17)19(22)23/h3-11,13H,12H2,1-2H3,(H,21,25)(H,22,23). The molecule has 152 valence electrons. The van der Waals surface area contributed by atoms with E-state index in [0.717, 1.165) is 10.1 Å². The van der Waals surface area contributed by atoms with Crippen LogP contribution < -0.4 is 9.61 Å². The first-order valence-electron chi connectivity index (χ1n) is 8.75. The molecule has 9 heteroatoms. The number of thiophene rings is 1. The zero-order valence-electron chi connectivity index (χ0n) is 15.8. The highest BCUT2D eigenvalue weighted by atomic mass is 32.1. The van der Waals surface area contributed by atoms with Crippen LogP contribution >= 0.6 is 18.9 Å². The Morgan fingerprint density at radius 1 is 1.17 bits per heavy atom. The third kappa shape index (κ3) is 5.23. The van der Waals surface area contributed by atoms with Crippen molar-refractivity contribution in [3.05, 3.63) is 65.0 Å². The number of carboxylic acids is 1. The van der Waals surface area contributed by atoms with Crippen molar-refractivity contribution < 1.29 is 28.5 Å². The van der Waals surface area contributed by atoms with Crippen LogP contribution in [0.25, 0.3) is 10.1 Å². The predicted molar refractivity (Wildman–Crippen MR) is 112 cm³/mol. The van der Waals surface area contributed by atoms with Crippen molar-refractivity contribution in [2.75, 3.05) is 7.11 Å². The number of carbonyl (C=O) groups excluding carboxylic acids is 1. The van der Waals surface area contributed by atoms with Gasteiger partial charge < -0.3 is 14.4 Å². The van der Waals surface area contributed by atoms with E-state index in [0.29, 0.717) is 11.3 Å². The van der Waals surface area contributed by atoms with Gasteiger partial charge in [-0.15, -0.1) is 11.3 Å². The largest absolute Gasteiger partial charge is 0.477 e. The zero-order valence-corrected chi connectivity index (χ0v) is 17.5. The Bertz CT molecular complexity index is 1080. The summed E-state index contributed by atoms with van der Waals surface area (Å²) in [6.07, 6.45) is 0.0113. The molecular weight excluding hydrogens is 413 g/mol. The summed E-state index contributed by atoms with van der Waals surface area (Å²) in [4.78, 5) is 23.2. The fourth-order valence-electron chi connectivity index (χ4n) is 2.82. The average molecular weight is 433 g/mol. The van der Waals surface area contributed by atoms with E-state index in [-0.39, 0.29) is 11.0 Å². The van der Waals surface area contributed by atoms with E-state index in [1.165, 1.54) is 18.4 Å². The maximum Gasteiger partial charge on any atom is 0.345 e. The Labute approximate surface area is 171 Å². The van der Waals surface area contributed by atoms with Gasteiger partial charge in [-0.3, -0.25) is 9.36 Å². The highest BCUT2D eigenvalue weighted by Gasteiger charge is 2.30. The first-order valence-corrected chi connectivity index (χ1v) is 11.4. The minimum Gasteiger partial charge on any atom is -0.477 e. The average Bonchev–Trinajstić information content (AvgIpc) is 3.11. The molecule has 0 amide bonds. The summed E-state index contributed by atoms with van der Waals surface area (Å²) >= 11 is 1.18. The van der Waals surface area contributed by atoms with Gasteiger partial charge in [0.1, 0.15) is 16.7 Å². The summed E-state index contributed by atoms with van der Waals surface area (Å²) < 4.78 is 24.9. The number of carbonyl (C=O) groups is 2. The van der Waals surface area contributed by atoms with Crippen LogP contribution in [-0.4, -0.2) is 30.2 Å². The molecule has 1 aromatic heterocycles. The highest BCUT2D eigenvalue weighted by Crippen LogP contribution is 2.47. The molecule has 2 unspecified atom stereocenters. The van der Waals surface area contributed by atoms with Crippen LogP contribution in [0.1, 0.15) is 22.2 Å². The fourth-order valence-corrected chi connectivity index (χ4v) is 5.74. The lowest BCUT2D eigenvalue weighted by molar-refractivity contribution is -0.142.